The van der Waals surface area contributed by atoms with E-state index in [1.807, 2.05) is 30.3 Å². The summed E-state index contributed by atoms with van der Waals surface area (Å²) in [6.07, 6.45) is 2.19. The van der Waals surface area contributed by atoms with Crippen LogP contribution in [0.4, 0.5) is 24.7 Å². The highest BCUT2D eigenvalue weighted by Gasteiger charge is 2.85. The second-order valence-corrected chi connectivity index (χ2v) is 13.2. The maximum atomic E-state index is 15.3. The van der Waals surface area contributed by atoms with Gasteiger partial charge in [-0.3, -0.25) is 19.4 Å². The maximum absolute atomic E-state index is 15.3. The van der Waals surface area contributed by atoms with Gasteiger partial charge >= 0.3 is 5.91 Å². The number of hydrogen-bond acceptors (Lipinski definition) is 5. The molecular formula is C35H31F3N5O3+. The summed E-state index contributed by atoms with van der Waals surface area (Å²) in [5, 5.41) is 9.47. The number of alkyl halides is 2. The summed E-state index contributed by atoms with van der Waals surface area (Å²) in [5.74, 6) is -4.34. The highest BCUT2D eigenvalue weighted by atomic mass is 19.3. The van der Waals surface area contributed by atoms with Gasteiger partial charge in [-0.1, -0.05) is 30.3 Å². The molecule has 4 fully saturated rings. The summed E-state index contributed by atoms with van der Waals surface area (Å²) >= 11 is 0. The van der Waals surface area contributed by atoms with Gasteiger partial charge in [0.25, 0.3) is 5.91 Å². The minimum absolute atomic E-state index is 0.00276. The molecule has 8 rings (SSSR count). The monoisotopic (exact) mass is 626 g/mol. The average Bonchev–Trinajstić information content (AvgIpc) is 3.37. The van der Waals surface area contributed by atoms with Crippen molar-refractivity contribution in [1.29, 1.82) is 5.26 Å². The maximum Gasteiger partial charge on any atom is 0.342 e. The van der Waals surface area contributed by atoms with Gasteiger partial charge in [0.2, 0.25) is 11.8 Å². The van der Waals surface area contributed by atoms with E-state index in [-0.39, 0.29) is 95.9 Å². The Morgan fingerprint density at radius 2 is 1.78 bits per heavy atom. The number of benzene rings is 2. The number of hydrogen-bond donors (Lipinski definition) is 0. The summed E-state index contributed by atoms with van der Waals surface area (Å²) < 4.78 is 43.6. The SMILES string of the molecule is N#Cc1ccnc(N2C(=O)CCC2C(=O)N(c2cccc(F)c2)C2C(=O)[N+]3(C4CCC(F)(F)CC4)C4CC(c5ccccc52)C43)c1. The van der Waals surface area contributed by atoms with E-state index in [1.165, 1.54) is 46.3 Å². The predicted molar refractivity (Wildman–Crippen MR) is 160 cm³/mol. The topological polar surface area (TPSA) is 94.4 Å². The molecule has 6 atom stereocenters. The van der Waals surface area contributed by atoms with Gasteiger partial charge in [0.15, 0.2) is 18.1 Å². The third-order valence-electron chi connectivity index (χ3n) is 11.1. The zero-order chi connectivity index (χ0) is 32.0. The van der Waals surface area contributed by atoms with Crippen molar-refractivity contribution in [1.82, 2.24) is 4.98 Å². The van der Waals surface area contributed by atoms with E-state index >= 15 is 4.79 Å². The fourth-order valence-corrected chi connectivity index (χ4v) is 9.01. The van der Waals surface area contributed by atoms with E-state index in [0.29, 0.717) is 5.56 Å². The fourth-order valence-electron chi connectivity index (χ4n) is 9.01. The minimum atomic E-state index is -2.76. The second kappa shape index (κ2) is 10.2. The van der Waals surface area contributed by atoms with Gasteiger partial charge in [-0.25, -0.2) is 27.4 Å². The number of fused-ring (bicyclic) bond motifs is 3. The van der Waals surface area contributed by atoms with Crippen molar-refractivity contribution < 1.29 is 32.0 Å². The highest BCUT2D eigenvalue weighted by Crippen LogP contribution is 2.68. The van der Waals surface area contributed by atoms with E-state index in [4.69, 9.17) is 0 Å². The van der Waals surface area contributed by atoms with Crippen molar-refractivity contribution in [2.75, 3.05) is 9.80 Å². The summed E-state index contributed by atoms with van der Waals surface area (Å²) in [7, 11) is 0. The molecule has 2 aliphatic carbocycles. The molecule has 2 aromatic carbocycles. The van der Waals surface area contributed by atoms with Crippen molar-refractivity contribution in [3.05, 3.63) is 89.4 Å². The lowest BCUT2D eigenvalue weighted by Gasteiger charge is -2.39. The average molecular weight is 627 g/mol. The number of halogens is 3. The normalized spacial score (nSPS) is 30.8. The molecule has 0 spiro atoms. The molecule has 11 heteroatoms. The van der Waals surface area contributed by atoms with Crippen LogP contribution in [0.2, 0.25) is 0 Å². The van der Waals surface area contributed by atoms with Crippen LogP contribution in [0.3, 0.4) is 0 Å². The van der Waals surface area contributed by atoms with Gasteiger partial charge in [0, 0.05) is 56.3 Å². The highest BCUT2D eigenvalue weighted by molar-refractivity contribution is 6.10. The number of anilines is 2. The lowest BCUT2D eigenvalue weighted by Crippen LogP contribution is -2.56. The number of rotatable bonds is 5. The first-order valence-corrected chi connectivity index (χ1v) is 15.8. The van der Waals surface area contributed by atoms with Crippen molar-refractivity contribution in [2.24, 2.45) is 0 Å². The number of carbonyl (C=O) groups is 3. The van der Waals surface area contributed by atoms with E-state index in [2.05, 4.69) is 4.98 Å². The molecule has 2 saturated carbocycles. The van der Waals surface area contributed by atoms with E-state index in [9.17, 15) is 28.0 Å². The number of nitrogens with zero attached hydrogens (tertiary/aromatic N) is 5. The summed E-state index contributed by atoms with van der Waals surface area (Å²) in [4.78, 5) is 50.4. The first-order valence-electron chi connectivity index (χ1n) is 15.8. The fraction of sp³-hybridized carbons (Fsp3) is 0.400. The Balaban J connectivity index is 1.27. The molecule has 46 heavy (non-hydrogen) atoms. The van der Waals surface area contributed by atoms with Gasteiger partial charge in [0.05, 0.1) is 17.7 Å². The smallest absolute Gasteiger partial charge is 0.290 e. The van der Waals surface area contributed by atoms with E-state index in [1.54, 1.807) is 6.07 Å². The minimum Gasteiger partial charge on any atom is -0.290 e. The van der Waals surface area contributed by atoms with E-state index < -0.39 is 29.7 Å². The van der Waals surface area contributed by atoms with Crippen molar-refractivity contribution in [3.63, 3.8) is 0 Å². The first-order chi connectivity index (χ1) is 22.2. The second-order valence-electron chi connectivity index (χ2n) is 13.2. The molecular weight excluding hydrogens is 595 g/mol. The van der Waals surface area contributed by atoms with Crippen LogP contribution in [0.1, 0.15) is 73.6 Å². The number of carbonyl (C=O) groups excluding carboxylic acids is 3. The molecule has 234 valence electrons. The Morgan fingerprint density at radius 3 is 2.52 bits per heavy atom. The van der Waals surface area contributed by atoms with Crippen LogP contribution in [-0.4, -0.2) is 57.3 Å². The molecule has 3 aromatic rings. The number of pyridine rings is 1. The van der Waals surface area contributed by atoms with Crippen molar-refractivity contribution in [3.8, 4) is 6.07 Å². The summed E-state index contributed by atoms with van der Waals surface area (Å²) in [6.45, 7) is 0. The summed E-state index contributed by atoms with van der Waals surface area (Å²) in [5.41, 5.74) is 2.01. The lowest BCUT2D eigenvalue weighted by molar-refractivity contribution is -0.773. The number of nitriles is 1. The Labute approximate surface area is 263 Å². The van der Waals surface area contributed by atoms with Gasteiger partial charge < -0.3 is 0 Å². The first kappa shape index (κ1) is 28.9. The molecule has 5 aliphatic rings. The number of quaternary nitrogens is 1. The lowest BCUT2D eigenvalue weighted by atomic mass is 9.77. The van der Waals surface area contributed by atoms with Gasteiger partial charge in [-0.2, -0.15) is 5.26 Å². The molecule has 0 radical (unpaired) electrons. The van der Waals surface area contributed by atoms with Crippen LogP contribution in [0.5, 0.6) is 0 Å². The largest absolute Gasteiger partial charge is 0.342 e. The quantitative estimate of drug-likeness (QED) is 0.274. The predicted octanol–water partition coefficient (Wildman–Crippen LogP) is 5.54. The van der Waals surface area contributed by atoms with Crippen LogP contribution < -0.4 is 9.80 Å². The summed E-state index contributed by atoms with van der Waals surface area (Å²) in [6, 6.07) is 15.4. The third kappa shape index (κ3) is 4.09. The van der Waals surface area contributed by atoms with Crippen LogP contribution in [0, 0.1) is 17.1 Å². The van der Waals surface area contributed by atoms with Gasteiger partial charge in [-0.15, -0.1) is 0 Å². The number of amides is 3. The van der Waals surface area contributed by atoms with Gasteiger partial charge in [0.1, 0.15) is 17.7 Å². The van der Waals surface area contributed by atoms with Crippen LogP contribution in [0.25, 0.3) is 0 Å². The van der Waals surface area contributed by atoms with Gasteiger partial charge in [-0.05, 0) is 47.9 Å². The van der Waals surface area contributed by atoms with Crippen molar-refractivity contribution >= 4 is 29.2 Å². The molecule has 3 aliphatic heterocycles. The molecule has 4 heterocycles. The van der Waals surface area contributed by atoms with Crippen LogP contribution in [0.15, 0.2) is 66.9 Å². The van der Waals surface area contributed by atoms with Crippen molar-refractivity contribution in [2.45, 2.75) is 87.0 Å². The molecule has 1 aromatic heterocycles. The molecule has 0 N–H and O–H groups in total. The van der Waals surface area contributed by atoms with Crippen LogP contribution in [-0.2, 0) is 14.4 Å². The molecule has 3 amide bonds. The Hall–Kier alpha value is -4.56. The Morgan fingerprint density at radius 1 is 1.02 bits per heavy atom. The third-order valence-corrected chi connectivity index (χ3v) is 11.1. The number of aromatic nitrogens is 1. The molecule has 2 saturated heterocycles. The molecule has 6 unspecified atom stereocenters. The Kier molecular flexibility index (Phi) is 6.42. The zero-order valence-electron chi connectivity index (χ0n) is 24.9. The van der Waals surface area contributed by atoms with Crippen LogP contribution >= 0.6 is 0 Å². The zero-order valence-corrected chi connectivity index (χ0v) is 24.9. The molecule has 8 nitrogen and oxygen atoms in total. The Bertz CT molecular complexity index is 1830. The van der Waals surface area contributed by atoms with E-state index in [0.717, 1.165) is 12.0 Å². The standard InChI is InChI=1S/C35H31F3N5O3/c36-21-4-3-5-22(17-21)41(33(45)27-8-9-30(44)42(27)29-16-20(19-39)12-15-40-29)31-25-7-2-1-6-24(25)26-18-28-32(26)43(28,34(31)46)23-10-13-35(37,38)14-11-23/h1-7,12,15-17,23,26-28,31-32H,8-11,13-14,18H2/q+1. The molecule has 0 bridgehead atoms.